The van der Waals surface area contributed by atoms with Crippen molar-refractivity contribution in [3.05, 3.63) is 57.8 Å². The van der Waals surface area contributed by atoms with E-state index in [1.807, 2.05) is 5.32 Å². The van der Waals surface area contributed by atoms with E-state index in [2.05, 4.69) is 21.9 Å². The molecule has 1 heterocycles. The number of nitrogens with zero attached hydrogens (tertiary/aromatic N) is 1. The molecule has 1 fully saturated rings. The molecule has 30 heavy (non-hydrogen) atoms. The van der Waals surface area contributed by atoms with Gasteiger partial charge in [-0.1, -0.05) is 18.1 Å². The molecule has 0 radical (unpaired) electrons. The second kappa shape index (κ2) is 8.80. The van der Waals surface area contributed by atoms with Gasteiger partial charge >= 0.3 is 6.03 Å². The Balaban J connectivity index is 2.04. The molecule has 1 aliphatic heterocycles. The van der Waals surface area contributed by atoms with Crippen LogP contribution in [-0.4, -0.2) is 31.6 Å². The summed E-state index contributed by atoms with van der Waals surface area (Å²) >= 11 is 3.33. The number of anilines is 1. The number of barbiturate groups is 1. The number of halogens is 2. The molecule has 0 aromatic heterocycles. The van der Waals surface area contributed by atoms with Crippen LogP contribution in [0.2, 0.25) is 0 Å². The fourth-order valence-corrected chi connectivity index (χ4v) is 3.33. The van der Waals surface area contributed by atoms with Crippen molar-refractivity contribution in [3.63, 3.8) is 0 Å². The van der Waals surface area contributed by atoms with E-state index in [9.17, 15) is 18.8 Å². The first-order valence-electron chi connectivity index (χ1n) is 8.47. The monoisotopic (exact) mass is 472 g/mol. The predicted octanol–water partition coefficient (Wildman–Crippen LogP) is 3.28. The number of methoxy groups -OCH3 is 1. The van der Waals surface area contributed by atoms with E-state index in [0.29, 0.717) is 26.4 Å². The van der Waals surface area contributed by atoms with Gasteiger partial charge in [0.15, 0.2) is 11.5 Å². The topological polar surface area (TPSA) is 84.9 Å². The lowest BCUT2D eigenvalue weighted by Crippen LogP contribution is -2.54. The lowest BCUT2D eigenvalue weighted by molar-refractivity contribution is -0.122. The predicted molar refractivity (Wildman–Crippen MR) is 110 cm³/mol. The average Bonchev–Trinajstić information content (AvgIpc) is 2.71. The molecule has 152 valence electrons. The van der Waals surface area contributed by atoms with Crippen LogP contribution in [0.5, 0.6) is 11.5 Å². The van der Waals surface area contributed by atoms with Gasteiger partial charge in [-0.05, 0) is 51.8 Å². The van der Waals surface area contributed by atoms with E-state index in [1.165, 1.54) is 37.5 Å². The normalized spacial score (nSPS) is 15.1. The van der Waals surface area contributed by atoms with Gasteiger partial charge in [0.05, 0.1) is 17.3 Å². The lowest BCUT2D eigenvalue weighted by atomic mass is 10.1. The number of rotatable bonds is 5. The number of hydrogen-bond acceptors (Lipinski definition) is 5. The van der Waals surface area contributed by atoms with Crippen LogP contribution >= 0.6 is 15.9 Å². The molecule has 4 amide bonds. The molecule has 1 aliphatic rings. The molecule has 0 unspecified atom stereocenters. The lowest BCUT2D eigenvalue weighted by Gasteiger charge is -2.26. The maximum atomic E-state index is 14.1. The maximum Gasteiger partial charge on any atom is 0.336 e. The number of hydrogen-bond donors (Lipinski definition) is 1. The van der Waals surface area contributed by atoms with Gasteiger partial charge in [0.25, 0.3) is 11.8 Å². The number of nitrogens with one attached hydrogen (secondary N) is 1. The summed E-state index contributed by atoms with van der Waals surface area (Å²) < 4.78 is 25.3. The molecule has 1 saturated heterocycles. The minimum absolute atomic E-state index is 0.00992. The Kier molecular flexibility index (Phi) is 6.18. The van der Waals surface area contributed by atoms with Crippen molar-refractivity contribution in [3.8, 4) is 23.8 Å². The molecule has 9 heteroatoms. The molecule has 2 aromatic carbocycles. The summed E-state index contributed by atoms with van der Waals surface area (Å²) in [5.41, 5.74) is -0.229. The van der Waals surface area contributed by atoms with Crippen molar-refractivity contribution in [1.82, 2.24) is 5.32 Å². The van der Waals surface area contributed by atoms with Crippen LogP contribution in [0.3, 0.4) is 0 Å². The van der Waals surface area contributed by atoms with Gasteiger partial charge in [0, 0.05) is 0 Å². The number of benzene rings is 2. The van der Waals surface area contributed by atoms with Gasteiger partial charge in [-0.15, -0.1) is 6.42 Å². The Labute approximate surface area is 179 Å². The largest absolute Gasteiger partial charge is 0.493 e. The highest BCUT2D eigenvalue weighted by molar-refractivity contribution is 9.10. The molecular formula is C21H14BrFN2O5. The summed E-state index contributed by atoms with van der Waals surface area (Å²) in [5, 5.41) is 2.04. The van der Waals surface area contributed by atoms with Crippen LogP contribution in [0.15, 0.2) is 46.4 Å². The Morgan fingerprint density at radius 2 is 2.00 bits per heavy atom. The number of imide groups is 2. The summed E-state index contributed by atoms with van der Waals surface area (Å²) in [5.74, 6) is 0.343. The quantitative estimate of drug-likeness (QED) is 0.410. The van der Waals surface area contributed by atoms with Crippen LogP contribution in [-0.2, 0) is 9.59 Å². The molecule has 1 N–H and O–H groups in total. The van der Waals surface area contributed by atoms with Crippen molar-refractivity contribution in [2.75, 3.05) is 18.6 Å². The number of urea groups is 1. The fraction of sp³-hybridized carbons (Fsp3) is 0.0952. The third-order valence-electron chi connectivity index (χ3n) is 4.06. The average molecular weight is 473 g/mol. The van der Waals surface area contributed by atoms with E-state index in [0.717, 1.165) is 6.07 Å². The van der Waals surface area contributed by atoms with E-state index in [4.69, 9.17) is 15.9 Å². The van der Waals surface area contributed by atoms with Crippen molar-refractivity contribution >= 4 is 45.5 Å². The van der Waals surface area contributed by atoms with E-state index >= 15 is 0 Å². The summed E-state index contributed by atoms with van der Waals surface area (Å²) in [6.07, 6.45) is 6.46. The summed E-state index contributed by atoms with van der Waals surface area (Å²) in [4.78, 5) is 37.9. The summed E-state index contributed by atoms with van der Waals surface area (Å²) in [6, 6.07) is 7.31. The number of ether oxygens (including phenoxy) is 2. The van der Waals surface area contributed by atoms with Crippen LogP contribution in [0.1, 0.15) is 5.56 Å². The number of carbonyl (C=O) groups excluding carboxylic acids is 3. The molecular weight excluding hydrogens is 459 g/mol. The molecule has 0 atom stereocenters. The molecule has 3 rings (SSSR count). The van der Waals surface area contributed by atoms with Gasteiger partial charge in [-0.3, -0.25) is 14.9 Å². The zero-order valence-electron chi connectivity index (χ0n) is 15.6. The Bertz CT molecular complexity index is 1120. The van der Waals surface area contributed by atoms with Gasteiger partial charge < -0.3 is 9.47 Å². The number of carbonyl (C=O) groups is 3. The second-order valence-corrected chi connectivity index (χ2v) is 6.79. The third-order valence-corrected chi connectivity index (χ3v) is 4.65. The first-order valence-corrected chi connectivity index (χ1v) is 9.26. The molecule has 0 saturated carbocycles. The molecule has 0 aliphatic carbocycles. The van der Waals surface area contributed by atoms with Gasteiger partial charge in [-0.25, -0.2) is 14.1 Å². The highest BCUT2D eigenvalue weighted by Gasteiger charge is 2.38. The van der Waals surface area contributed by atoms with E-state index in [-0.39, 0.29) is 17.9 Å². The van der Waals surface area contributed by atoms with Crippen molar-refractivity contribution in [2.45, 2.75) is 0 Å². The Morgan fingerprint density at radius 3 is 2.67 bits per heavy atom. The second-order valence-electron chi connectivity index (χ2n) is 5.94. The Hall–Kier alpha value is -3.64. The molecule has 0 spiro atoms. The maximum absolute atomic E-state index is 14.1. The van der Waals surface area contributed by atoms with Crippen molar-refractivity contribution in [2.24, 2.45) is 0 Å². The summed E-state index contributed by atoms with van der Waals surface area (Å²) in [6.45, 7) is 0.00992. The molecule has 0 bridgehead atoms. The SMILES string of the molecule is C#CCOc1c(Br)cc(C=C2C(=O)NC(=O)N(c3ccccc3F)C2=O)cc1OC. The standard InChI is InChI=1S/C21H14BrFN2O5/c1-3-8-30-18-14(22)10-12(11-17(18)29-2)9-13-19(26)24-21(28)25(20(13)27)16-7-5-4-6-15(16)23/h1,4-7,9-11H,8H2,2H3,(H,24,26,28). The van der Waals surface area contributed by atoms with Crippen LogP contribution in [0.4, 0.5) is 14.9 Å². The minimum atomic E-state index is -1.04. The first kappa shape index (κ1) is 21.1. The zero-order chi connectivity index (χ0) is 21.8. The third kappa shape index (κ3) is 4.04. The first-order chi connectivity index (χ1) is 14.4. The number of para-hydroxylation sites is 1. The van der Waals surface area contributed by atoms with E-state index < -0.39 is 23.7 Å². The number of amides is 4. The molecule has 7 nitrogen and oxygen atoms in total. The zero-order valence-corrected chi connectivity index (χ0v) is 17.2. The van der Waals surface area contributed by atoms with Crippen LogP contribution < -0.4 is 19.7 Å². The van der Waals surface area contributed by atoms with E-state index in [1.54, 1.807) is 6.07 Å². The smallest absolute Gasteiger partial charge is 0.336 e. The van der Waals surface area contributed by atoms with Gasteiger partial charge in [0.2, 0.25) is 0 Å². The summed E-state index contributed by atoms with van der Waals surface area (Å²) in [7, 11) is 1.42. The van der Waals surface area contributed by atoms with Crippen LogP contribution in [0, 0.1) is 18.2 Å². The molecule has 2 aromatic rings. The number of terminal acetylenes is 1. The van der Waals surface area contributed by atoms with Crippen molar-refractivity contribution < 1.29 is 28.2 Å². The minimum Gasteiger partial charge on any atom is -0.493 e. The fourth-order valence-electron chi connectivity index (χ4n) is 2.75. The van der Waals surface area contributed by atoms with Crippen LogP contribution in [0.25, 0.3) is 6.08 Å². The van der Waals surface area contributed by atoms with Gasteiger partial charge in [-0.2, -0.15) is 0 Å². The van der Waals surface area contributed by atoms with Crippen molar-refractivity contribution in [1.29, 1.82) is 0 Å². The highest BCUT2D eigenvalue weighted by Crippen LogP contribution is 2.37. The highest BCUT2D eigenvalue weighted by atomic mass is 79.9. The van der Waals surface area contributed by atoms with Gasteiger partial charge in [0.1, 0.15) is 18.0 Å². The Morgan fingerprint density at radius 1 is 1.27 bits per heavy atom.